The lowest BCUT2D eigenvalue weighted by Crippen LogP contribution is -2.45. The highest BCUT2D eigenvalue weighted by molar-refractivity contribution is 7.80. The molecule has 1 fully saturated rings. The fourth-order valence-corrected chi connectivity index (χ4v) is 3.36. The topological polar surface area (TPSA) is 37.0 Å². The van der Waals surface area contributed by atoms with Gasteiger partial charge in [0.1, 0.15) is 5.82 Å². The van der Waals surface area contributed by atoms with Crippen LogP contribution in [0.25, 0.3) is 0 Å². The normalized spacial score (nSPS) is 16.2. The largest absolute Gasteiger partial charge is 0.353 e. The van der Waals surface area contributed by atoms with Crippen LogP contribution in [0.2, 0.25) is 0 Å². The van der Waals surface area contributed by atoms with Crippen LogP contribution >= 0.6 is 12.2 Å². The smallest absolute Gasteiger partial charge is 0.171 e. The molecule has 0 unspecified atom stereocenters. The Kier molecular flexibility index (Phi) is 4.34. The van der Waals surface area contributed by atoms with Crippen molar-refractivity contribution in [3.05, 3.63) is 60.2 Å². The molecule has 0 bridgehead atoms. The molecule has 5 heteroatoms. The van der Waals surface area contributed by atoms with Crippen LogP contribution in [0.15, 0.2) is 48.8 Å². The second-order valence-electron chi connectivity index (χ2n) is 5.61. The number of nitrogens with zero attached hydrogens (tertiary/aromatic N) is 1. The van der Waals surface area contributed by atoms with Gasteiger partial charge < -0.3 is 10.6 Å². The summed E-state index contributed by atoms with van der Waals surface area (Å²) in [6.45, 7) is 0. The summed E-state index contributed by atoms with van der Waals surface area (Å²) in [7, 11) is 0. The van der Waals surface area contributed by atoms with Crippen molar-refractivity contribution < 1.29 is 4.39 Å². The molecule has 1 aromatic carbocycles. The number of aromatic nitrogens is 1. The Morgan fingerprint density at radius 1 is 1.05 bits per heavy atom. The average Bonchev–Trinajstić information content (AvgIpc) is 3.00. The van der Waals surface area contributed by atoms with E-state index in [1.165, 1.54) is 30.5 Å². The second-order valence-corrected chi connectivity index (χ2v) is 6.02. The highest BCUT2D eigenvalue weighted by Crippen LogP contribution is 2.38. The van der Waals surface area contributed by atoms with Gasteiger partial charge in [0.25, 0.3) is 0 Å². The fourth-order valence-electron chi connectivity index (χ4n) is 3.05. The highest BCUT2D eigenvalue weighted by Gasteiger charge is 2.36. The number of rotatable bonds is 3. The first-order valence-electron chi connectivity index (χ1n) is 7.43. The molecule has 1 aliphatic carbocycles. The van der Waals surface area contributed by atoms with Crippen molar-refractivity contribution in [2.24, 2.45) is 0 Å². The van der Waals surface area contributed by atoms with E-state index in [9.17, 15) is 4.39 Å². The number of anilines is 1. The van der Waals surface area contributed by atoms with Gasteiger partial charge in [-0.05, 0) is 67.0 Å². The van der Waals surface area contributed by atoms with Crippen molar-refractivity contribution >= 4 is 23.0 Å². The fraction of sp³-hybridized carbons (Fsp3) is 0.294. The van der Waals surface area contributed by atoms with Crippen molar-refractivity contribution in [1.29, 1.82) is 0 Å². The lowest BCUT2D eigenvalue weighted by atomic mass is 9.89. The zero-order chi connectivity index (χ0) is 15.4. The zero-order valence-corrected chi connectivity index (χ0v) is 13.0. The molecule has 0 atom stereocenters. The van der Waals surface area contributed by atoms with E-state index < -0.39 is 0 Å². The van der Waals surface area contributed by atoms with E-state index in [1.54, 1.807) is 12.1 Å². The Balaban J connectivity index is 1.74. The van der Waals surface area contributed by atoms with Crippen molar-refractivity contribution in [3.8, 4) is 0 Å². The minimum atomic E-state index is -0.256. The molecule has 2 aromatic rings. The standard InChI is InChI=1S/C17H18FN3S/c18-14-3-5-15(6-4-14)20-16(22)21-17(9-1-2-10-17)13-7-11-19-12-8-13/h3-8,11-12H,1-2,9-10H2,(H2,20,21,22). The predicted octanol–water partition coefficient (Wildman–Crippen LogP) is 3.98. The van der Waals surface area contributed by atoms with Crippen LogP contribution in [0.1, 0.15) is 31.2 Å². The Labute approximate surface area is 135 Å². The molecule has 1 saturated carbocycles. The van der Waals surface area contributed by atoms with E-state index in [2.05, 4.69) is 15.6 Å². The molecule has 2 N–H and O–H groups in total. The van der Waals surface area contributed by atoms with E-state index in [0.717, 1.165) is 18.5 Å². The van der Waals surface area contributed by atoms with Gasteiger partial charge in [-0.1, -0.05) is 12.8 Å². The Bertz CT molecular complexity index is 637. The number of hydrogen-bond acceptors (Lipinski definition) is 2. The van der Waals surface area contributed by atoms with Gasteiger partial charge in [0.15, 0.2) is 5.11 Å². The molecule has 0 amide bonds. The third-order valence-corrected chi connectivity index (χ3v) is 4.35. The molecule has 3 rings (SSSR count). The first kappa shape index (κ1) is 14.9. The molecule has 0 aliphatic heterocycles. The van der Waals surface area contributed by atoms with Crippen LogP contribution in [0.4, 0.5) is 10.1 Å². The van der Waals surface area contributed by atoms with Crippen LogP contribution in [-0.2, 0) is 5.54 Å². The molecule has 0 saturated heterocycles. The molecular weight excluding hydrogens is 297 g/mol. The van der Waals surface area contributed by atoms with E-state index in [4.69, 9.17) is 12.2 Å². The third kappa shape index (κ3) is 3.25. The second kappa shape index (κ2) is 6.40. The minimum absolute atomic E-state index is 0.132. The van der Waals surface area contributed by atoms with E-state index in [1.807, 2.05) is 24.5 Å². The maximum atomic E-state index is 13.0. The number of pyridine rings is 1. The molecule has 1 aromatic heterocycles. The van der Waals surface area contributed by atoms with Crippen molar-refractivity contribution in [2.75, 3.05) is 5.32 Å². The summed E-state index contributed by atoms with van der Waals surface area (Å²) in [6, 6.07) is 10.3. The Morgan fingerprint density at radius 2 is 1.68 bits per heavy atom. The van der Waals surface area contributed by atoms with Crippen molar-refractivity contribution in [1.82, 2.24) is 10.3 Å². The number of nitrogens with one attached hydrogen (secondary N) is 2. The minimum Gasteiger partial charge on any atom is -0.353 e. The van der Waals surface area contributed by atoms with Gasteiger partial charge >= 0.3 is 0 Å². The van der Waals surface area contributed by atoms with Crippen molar-refractivity contribution in [3.63, 3.8) is 0 Å². The molecule has 0 radical (unpaired) electrons. The van der Waals surface area contributed by atoms with Gasteiger partial charge in [-0.25, -0.2) is 4.39 Å². The number of benzene rings is 1. The van der Waals surface area contributed by atoms with Gasteiger partial charge in [0.05, 0.1) is 5.54 Å². The first-order chi connectivity index (χ1) is 10.7. The molecule has 114 valence electrons. The van der Waals surface area contributed by atoms with Crippen LogP contribution in [0.5, 0.6) is 0 Å². The van der Waals surface area contributed by atoms with Gasteiger partial charge in [-0.2, -0.15) is 0 Å². The maximum Gasteiger partial charge on any atom is 0.171 e. The average molecular weight is 315 g/mol. The quantitative estimate of drug-likeness (QED) is 0.840. The van der Waals surface area contributed by atoms with Gasteiger partial charge in [-0.15, -0.1) is 0 Å². The maximum absolute atomic E-state index is 13.0. The number of thiocarbonyl (C=S) groups is 1. The predicted molar refractivity (Wildman–Crippen MR) is 90.1 cm³/mol. The first-order valence-corrected chi connectivity index (χ1v) is 7.84. The molecular formula is C17H18FN3S. The van der Waals surface area contributed by atoms with Crippen LogP contribution in [-0.4, -0.2) is 10.1 Å². The van der Waals surface area contributed by atoms with Crippen LogP contribution < -0.4 is 10.6 Å². The Morgan fingerprint density at radius 3 is 2.32 bits per heavy atom. The number of halogens is 1. The molecule has 3 nitrogen and oxygen atoms in total. The summed E-state index contributed by atoms with van der Waals surface area (Å²) < 4.78 is 13.0. The van der Waals surface area contributed by atoms with Gasteiger partial charge in [0, 0.05) is 18.1 Å². The van der Waals surface area contributed by atoms with Crippen LogP contribution in [0, 0.1) is 5.82 Å². The monoisotopic (exact) mass is 315 g/mol. The summed E-state index contributed by atoms with van der Waals surface area (Å²) in [6.07, 6.45) is 8.06. The summed E-state index contributed by atoms with van der Waals surface area (Å²) in [4.78, 5) is 4.09. The van der Waals surface area contributed by atoms with Gasteiger partial charge in [0.2, 0.25) is 0 Å². The highest BCUT2D eigenvalue weighted by atomic mass is 32.1. The van der Waals surface area contributed by atoms with E-state index in [-0.39, 0.29) is 11.4 Å². The van der Waals surface area contributed by atoms with E-state index >= 15 is 0 Å². The third-order valence-electron chi connectivity index (χ3n) is 4.14. The Hall–Kier alpha value is -2.01. The lowest BCUT2D eigenvalue weighted by molar-refractivity contribution is 0.408. The van der Waals surface area contributed by atoms with Crippen molar-refractivity contribution in [2.45, 2.75) is 31.2 Å². The summed E-state index contributed by atoms with van der Waals surface area (Å²) >= 11 is 5.45. The SMILES string of the molecule is Fc1ccc(NC(=S)NC2(c3ccncc3)CCCC2)cc1. The summed E-state index contributed by atoms with van der Waals surface area (Å²) in [5.41, 5.74) is 1.86. The lowest BCUT2D eigenvalue weighted by Gasteiger charge is -2.32. The molecule has 22 heavy (non-hydrogen) atoms. The zero-order valence-electron chi connectivity index (χ0n) is 12.2. The molecule has 0 spiro atoms. The number of hydrogen-bond donors (Lipinski definition) is 2. The van der Waals surface area contributed by atoms with E-state index in [0.29, 0.717) is 5.11 Å². The summed E-state index contributed by atoms with van der Waals surface area (Å²) in [5.74, 6) is -0.256. The molecule has 1 heterocycles. The van der Waals surface area contributed by atoms with Gasteiger partial charge in [-0.3, -0.25) is 4.98 Å². The summed E-state index contributed by atoms with van der Waals surface area (Å²) in [5, 5.41) is 7.16. The van der Waals surface area contributed by atoms with Crippen LogP contribution in [0.3, 0.4) is 0 Å². The molecule has 1 aliphatic rings.